The number of thiocarbonyl (C=S) groups is 1. The monoisotopic (exact) mass is 600 g/mol. The molecule has 4 aromatic rings. The number of carbonyl (C=O) groups excluding carboxylic acids is 2. The fourth-order valence-corrected chi connectivity index (χ4v) is 5.35. The fraction of sp³-hybridized carbons (Fsp3) is 0.0645. The van der Waals surface area contributed by atoms with Gasteiger partial charge in [0.05, 0.1) is 12.3 Å². The summed E-state index contributed by atoms with van der Waals surface area (Å²) >= 11 is 5.32. The second-order valence-electron chi connectivity index (χ2n) is 8.82. The zero-order valence-electron chi connectivity index (χ0n) is 22.2. The quantitative estimate of drug-likeness (QED) is 0.116. The Hall–Kier alpha value is -5.00. The van der Waals surface area contributed by atoms with Crippen molar-refractivity contribution in [3.8, 4) is 23.0 Å². The van der Waals surface area contributed by atoms with E-state index in [0.29, 0.717) is 17.2 Å². The van der Waals surface area contributed by atoms with Crippen LogP contribution in [0.5, 0.6) is 23.0 Å². The predicted octanol–water partition coefficient (Wildman–Crippen LogP) is 5.48. The maximum absolute atomic E-state index is 13.6. The lowest BCUT2D eigenvalue weighted by molar-refractivity contribution is -0.122. The van der Waals surface area contributed by atoms with Crippen LogP contribution in [-0.2, 0) is 19.7 Å². The van der Waals surface area contributed by atoms with Crippen molar-refractivity contribution in [3.63, 3.8) is 0 Å². The molecule has 0 spiro atoms. The summed E-state index contributed by atoms with van der Waals surface area (Å²) in [5, 5.41) is 2.42. The third kappa shape index (κ3) is 6.17. The molecule has 0 saturated carbocycles. The standard InChI is InChI=1S/C31H24N2O7S2/c1-2-38-27-15-9-10-21(28(27)40-42(36,37)25-13-7-4-8-14-25)20-26-29(34)32-31(41)33(30(26)35)22-16-18-24(19-17-22)39-23-11-5-3-6-12-23/h3-20H,2H2,1H3,(H,32,34,41)/b26-20+. The minimum atomic E-state index is -4.27. The number of para-hydroxylation sites is 2. The minimum absolute atomic E-state index is 0.0717. The normalized spacial score (nSPS) is 14.5. The van der Waals surface area contributed by atoms with E-state index in [1.165, 1.54) is 35.2 Å². The molecule has 0 bridgehead atoms. The summed E-state index contributed by atoms with van der Waals surface area (Å²) in [5.74, 6) is -0.318. The van der Waals surface area contributed by atoms with Gasteiger partial charge in [0.25, 0.3) is 11.8 Å². The molecule has 1 fully saturated rings. The molecule has 5 rings (SSSR count). The molecule has 2 amide bonds. The number of amides is 2. The molecule has 1 saturated heterocycles. The second-order valence-corrected chi connectivity index (χ2v) is 10.8. The van der Waals surface area contributed by atoms with Gasteiger partial charge in [-0.1, -0.05) is 48.5 Å². The van der Waals surface area contributed by atoms with Gasteiger partial charge in [-0.2, -0.15) is 8.42 Å². The molecule has 42 heavy (non-hydrogen) atoms. The lowest BCUT2D eigenvalue weighted by Crippen LogP contribution is -2.54. The highest BCUT2D eigenvalue weighted by Crippen LogP contribution is 2.36. The van der Waals surface area contributed by atoms with Gasteiger partial charge in [-0.05, 0) is 79.8 Å². The summed E-state index contributed by atoms with van der Waals surface area (Å²) in [4.78, 5) is 27.7. The summed E-state index contributed by atoms with van der Waals surface area (Å²) in [6.07, 6.45) is 1.25. The molecule has 0 aliphatic carbocycles. The molecule has 1 heterocycles. The average Bonchev–Trinajstić information content (AvgIpc) is 2.98. The summed E-state index contributed by atoms with van der Waals surface area (Å²) in [7, 11) is -4.27. The third-order valence-corrected chi connectivity index (χ3v) is 7.53. The van der Waals surface area contributed by atoms with Gasteiger partial charge in [-0.25, -0.2) is 0 Å². The molecular weight excluding hydrogens is 576 g/mol. The van der Waals surface area contributed by atoms with Crippen molar-refractivity contribution in [2.45, 2.75) is 11.8 Å². The Kier molecular flexibility index (Phi) is 8.32. The van der Waals surface area contributed by atoms with Gasteiger partial charge >= 0.3 is 10.1 Å². The maximum Gasteiger partial charge on any atom is 0.339 e. The van der Waals surface area contributed by atoms with Crippen LogP contribution in [-0.4, -0.2) is 32.0 Å². The molecule has 0 aromatic heterocycles. The van der Waals surface area contributed by atoms with Crippen molar-refractivity contribution in [2.24, 2.45) is 0 Å². The van der Waals surface area contributed by atoms with Gasteiger partial charge < -0.3 is 13.7 Å². The summed E-state index contributed by atoms with van der Waals surface area (Å²) in [6.45, 7) is 1.95. The average molecular weight is 601 g/mol. The van der Waals surface area contributed by atoms with Crippen molar-refractivity contribution >= 4 is 51.0 Å². The molecular formula is C31H24N2O7S2. The number of carbonyl (C=O) groups is 2. The van der Waals surface area contributed by atoms with Crippen molar-refractivity contribution in [3.05, 3.63) is 114 Å². The summed E-state index contributed by atoms with van der Waals surface area (Å²) in [5.41, 5.74) is 0.240. The Morgan fingerprint density at radius 2 is 1.48 bits per heavy atom. The molecule has 11 heteroatoms. The van der Waals surface area contributed by atoms with Gasteiger partial charge in [0.15, 0.2) is 16.6 Å². The minimum Gasteiger partial charge on any atom is -0.490 e. The Bertz CT molecular complexity index is 1770. The van der Waals surface area contributed by atoms with Gasteiger partial charge in [-0.3, -0.25) is 19.8 Å². The zero-order valence-corrected chi connectivity index (χ0v) is 23.9. The van der Waals surface area contributed by atoms with E-state index in [1.54, 1.807) is 55.5 Å². The number of nitrogens with one attached hydrogen (secondary N) is 1. The van der Waals surface area contributed by atoms with Crippen molar-refractivity contribution in [2.75, 3.05) is 11.5 Å². The van der Waals surface area contributed by atoms with E-state index < -0.39 is 21.9 Å². The van der Waals surface area contributed by atoms with Crippen LogP contribution in [0.1, 0.15) is 12.5 Å². The van der Waals surface area contributed by atoms with E-state index in [4.69, 9.17) is 25.9 Å². The Morgan fingerprint density at radius 3 is 2.14 bits per heavy atom. The highest BCUT2D eigenvalue weighted by atomic mass is 32.2. The van der Waals surface area contributed by atoms with Gasteiger partial charge in [0.2, 0.25) is 0 Å². The summed E-state index contributed by atoms with van der Waals surface area (Å²) in [6, 6.07) is 28.0. The van der Waals surface area contributed by atoms with Crippen LogP contribution < -0.4 is 23.9 Å². The van der Waals surface area contributed by atoms with Gasteiger partial charge in [0, 0.05) is 5.56 Å². The first-order chi connectivity index (χ1) is 20.3. The van der Waals surface area contributed by atoms with Crippen LogP contribution in [0.25, 0.3) is 6.08 Å². The molecule has 1 aliphatic heterocycles. The van der Waals surface area contributed by atoms with Gasteiger partial charge in [-0.15, -0.1) is 0 Å². The number of nitrogens with zero attached hydrogens (tertiary/aromatic N) is 1. The molecule has 9 nitrogen and oxygen atoms in total. The third-order valence-electron chi connectivity index (χ3n) is 6.01. The van der Waals surface area contributed by atoms with E-state index >= 15 is 0 Å². The molecule has 0 atom stereocenters. The molecule has 4 aromatic carbocycles. The lowest BCUT2D eigenvalue weighted by Gasteiger charge is -2.29. The molecule has 0 radical (unpaired) electrons. The first-order valence-electron chi connectivity index (χ1n) is 12.8. The summed E-state index contributed by atoms with van der Waals surface area (Å²) < 4.78 is 43.1. The van der Waals surface area contributed by atoms with E-state index in [1.807, 2.05) is 30.3 Å². The predicted molar refractivity (Wildman–Crippen MR) is 161 cm³/mol. The fourth-order valence-electron chi connectivity index (χ4n) is 4.09. The largest absolute Gasteiger partial charge is 0.490 e. The van der Waals surface area contributed by atoms with E-state index in [-0.39, 0.29) is 39.3 Å². The molecule has 0 unspecified atom stereocenters. The van der Waals surface area contributed by atoms with Crippen LogP contribution in [0.15, 0.2) is 114 Å². The highest BCUT2D eigenvalue weighted by molar-refractivity contribution is 7.87. The lowest BCUT2D eigenvalue weighted by atomic mass is 10.1. The van der Waals surface area contributed by atoms with Crippen LogP contribution in [0.2, 0.25) is 0 Å². The molecule has 1 N–H and O–H groups in total. The first-order valence-corrected chi connectivity index (χ1v) is 14.6. The Morgan fingerprint density at radius 1 is 0.833 bits per heavy atom. The molecule has 212 valence electrons. The van der Waals surface area contributed by atoms with Crippen molar-refractivity contribution < 1.29 is 31.7 Å². The highest BCUT2D eigenvalue weighted by Gasteiger charge is 2.35. The topological polar surface area (TPSA) is 111 Å². The number of hydrogen-bond donors (Lipinski definition) is 1. The number of rotatable bonds is 9. The number of anilines is 1. The SMILES string of the molecule is CCOc1cccc(/C=C2\C(=O)NC(=S)N(c3ccc(Oc4ccccc4)cc3)C2=O)c1OS(=O)(=O)c1ccccc1. The second kappa shape index (κ2) is 12.2. The maximum atomic E-state index is 13.6. The van der Waals surface area contributed by atoms with Crippen LogP contribution in [0.3, 0.4) is 0 Å². The van der Waals surface area contributed by atoms with Gasteiger partial charge in [0.1, 0.15) is 22.0 Å². The van der Waals surface area contributed by atoms with Crippen LogP contribution in [0, 0.1) is 0 Å². The Balaban J connectivity index is 1.48. The smallest absolute Gasteiger partial charge is 0.339 e. The number of hydrogen-bond acceptors (Lipinski definition) is 8. The first kappa shape index (κ1) is 28.5. The number of ether oxygens (including phenoxy) is 2. The van der Waals surface area contributed by atoms with E-state index in [9.17, 15) is 18.0 Å². The van der Waals surface area contributed by atoms with E-state index in [0.717, 1.165) is 0 Å². The van der Waals surface area contributed by atoms with Crippen LogP contribution >= 0.6 is 12.2 Å². The van der Waals surface area contributed by atoms with Crippen LogP contribution in [0.4, 0.5) is 5.69 Å². The Labute approximate surface area is 248 Å². The zero-order chi connectivity index (χ0) is 29.7. The molecule has 1 aliphatic rings. The van der Waals surface area contributed by atoms with Crippen molar-refractivity contribution in [1.29, 1.82) is 0 Å². The van der Waals surface area contributed by atoms with Crippen molar-refractivity contribution in [1.82, 2.24) is 5.32 Å². The number of benzene rings is 4. The van der Waals surface area contributed by atoms with E-state index in [2.05, 4.69) is 5.32 Å².